The number of likely N-dealkylation sites (tertiary alicyclic amines) is 2. The number of hydrogen-bond donors (Lipinski definition) is 1. The van der Waals surface area contributed by atoms with Gasteiger partial charge in [0.1, 0.15) is 0 Å². The van der Waals surface area contributed by atoms with Crippen molar-refractivity contribution in [3.05, 3.63) is 16.1 Å². The fourth-order valence-corrected chi connectivity index (χ4v) is 4.66. The predicted octanol–water partition coefficient (Wildman–Crippen LogP) is 3.71. The first kappa shape index (κ1) is 23.7. The van der Waals surface area contributed by atoms with Gasteiger partial charge in [0.25, 0.3) is 0 Å². The molecular formula is C18H29F3IN5S. The Morgan fingerprint density at radius 2 is 2.04 bits per heavy atom. The lowest BCUT2D eigenvalue weighted by Gasteiger charge is -2.29. The molecular weight excluding hydrogens is 502 g/mol. The molecule has 160 valence electrons. The van der Waals surface area contributed by atoms with Crippen LogP contribution in [0.25, 0.3) is 0 Å². The van der Waals surface area contributed by atoms with Gasteiger partial charge in [0.15, 0.2) is 11.7 Å². The minimum atomic E-state index is -4.36. The van der Waals surface area contributed by atoms with Gasteiger partial charge in [0, 0.05) is 45.0 Å². The maximum atomic E-state index is 12.6. The predicted molar refractivity (Wildman–Crippen MR) is 118 cm³/mol. The van der Waals surface area contributed by atoms with Gasteiger partial charge in [-0.05, 0) is 38.3 Å². The van der Waals surface area contributed by atoms with E-state index < -0.39 is 11.9 Å². The number of hydrogen-bond acceptors (Lipinski definition) is 4. The van der Waals surface area contributed by atoms with Crippen LogP contribution in [0.4, 0.5) is 13.2 Å². The van der Waals surface area contributed by atoms with E-state index in [2.05, 4.69) is 25.1 Å². The lowest BCUT2D eigenvalue weighted by atomic mass is 10.1. The van der Waals surface area contributed by atoms with Crippen LogP contribution in [0, 0.1) is 5.92 Å². The summed E-state index contributed by atoms with van der Waals surface area (Å²) in [4.78, 5) is 12.9. The molecule has 28 heavy (non-hydrogen) atoms. The summed E-state index contributed by atoms with van der Waals surface area (Å²) >= 11 is 1.06. The average molecular weight is 531 g/mol. The standard InChI is InChI=1S/C18H28F3N5S.HI/c1-22-17(23-7-5-16-24-15(13-27-16)18(19,20)21)26-10-6-14(12-26)11-25-8-3-2-4-9-25;/h13-14H,2-12H2,1H3,(H,22,23);1H. The summed E-state index contributed by atoms with van der Waals surface area (Å²) in [6.45, 7) is 6.10. The largest absolute Gasteiger partial charge is 0.434 e. The van der Waals surface area contributed by atoms with Crippen LogP contribution in [0.1, 0.15) is 36.4 Å². The zero-order valence-electron chi connectivity index (χ0n) is 16.2. The molecule has 1 N–H and O–H groups in total. The van der Waals surface area contributed by atoms with E-state index in [4.69, 9.17) is 0 Å². The number of rotatable bonds is 5. The van der Waals surface area contributed by atoms with Crippen LogP contribution in [0.3, 0.4) is 0 Å². The number of aromatic nitrogens is 1. The maximum Gasteiger partial charge on any atom is 0.434 e. The van der Waals surface area contributed by atoms with Crippen LogP contribution >= 0.6 is 35.3 Å². The van der Waals surface area contributed by atoms with Gasteiger partial charge in [-0.15, -0.1) is 35.3 Å². The molecule has 1 aromatic rings. The van der Waals surface area contributed by atoms with Crippen molar-refractivity contribution < 1.29 is 13.2 Å². The summed E-state index contributed by atoms with van der Waals surface area (Å²) in [7, 11) is 1.76. The van der Waals surface area contributed by atoms with Gasteiger partial charge < -0.3 is 15.1 Å². The molecule has 0 aliphatic carbocycles. The zero-order valence-corrected chi connectivity index (χ0v) is 19.3. The average Bonchev–Trinajstić information content (AvgIpc) is 3.29. The van der Waals surface area contributed by atoms with Crippen molar-refractivity contribution in [3.63, 3.8) is 0 Å². The molecule has 5 nitrogen and oxygen atoms in total. The van der Waals surface area contributed by atoms with Gasteiger partial charge in [0.2, 0.25) is 0 Å². The van der Waals surface area contributed by atoms with Gasteiger partial charge in [-0.2, -0.15) is 13.2 Å². The van der Waals surface area contributed by atoms with Crippen LogP contribution < -0.4 is 5.32 Å². The molecule has 0 amide bonds. The first-order valence-corrected chi connectivity index (χ1v) is 10.5. The van der Waals surface area contributed by atoms with E-state index in [0.29, 0.717) is 23.9 Å². The number of aliphatic imine (C=N–C) groups is 1. The quantitative estimate of drug-likeness (QED) is 0.358. The highest BCUT2D eigenvalue weighted by Crippen LogP contribution is 2.30. The first-order valence-electron chi connectivity index (χ1n) is 9.65. The van der Waals surface area contributed by atoms with E-state index >= 15 is 0 Å². The van der Waals surface area contributed by atoms with Crippen molar-refractivity contribution in [1.82, 2.24) is 20.1 Å². The van der Waals surface area contributed by atoms with Crippen molar-refractivity contribution in [3.8, 4) is 0 Å². The van der Waals surface area contributed by atoms with Crippen molar-refractivity contribution in [2.75, 3.05) is 46.3 Å². The zero-order chi connectivity index (χ0) is 19.3. The molecule has 2 fully saturated rings. The number of piperidine rings is 1. The molecule has 10 heteroatoms. The lowest BCUT2D eigenvalue weighted by molar-refractivity contribution is -0.140. The van der Waals surface area contributed by atoms with Crippen LogP contribution in [0.2, 0.25) is 0 Å². The molecule has 2 aliphatic heterocycles. The fourth-order valence-electron chi connectivity index (χ4n) is 3.85. The van der Waals surface area contributed by atoms with Crippen LogP contribution in [0.15, 0.2) is 10.4 Å². The smallest absolute Gasteiger partial charge is 0.356 e. The molecule has 2 saturated heterocycles. The second-order valence-corrected chi connectivity index (χ2v) is 8.25. The summed E-state index contributed by atoms with van der Waals surface area (Å²) in [6, 6.07) is 0. The van der Waals surface area contributed by atoms with Gasteiger partial charge in [-0.1, -0.05) is 6.42 Å². The van der Waals surface area contributed by atoms with Crippen LogP contribution in [-0.4, -0.2) is 67.1 Å². The summed E-state index contributed by atoms with van der Waals surface area (Å²) < 4.78 is 37.8. The highest BCUT2D eigenvalue weighted by molar-refractivity contribution is 14.0. The molecule has 0 aromatic carbocycles. The molecule has 1 atom stereocenters. The summed E-state index contributed by atoms with van der Waals surface area (Å²) in [5.41, 5.74) is -0.799. The van der Waals surface area contributed by atoms with E-state index in [-0.39, 0.29) is 24.0 Å². The number of guanidine groups is 1. The fraction of sp³-hybridized carbons (Fsp3) is 0.778. The number of nitrogens with zero attached hydrogens (tertiary/aromatic N) is 4. The SMILES string of the molecule is CN=C(NCCc1nc(C(F)(F)F)cs1)N1CCC(CN2CCCCC2)C1.I. The third-order valence-corrected chi connectivity index (χ3v) is 6.14. The van der Waals surface area contributed by atoms with Crippen molar-refractivity contribution in [2.24, 2.45) is 10.9 Å². The third-order valence-electron chi connectivity index (χ3n) is 5.23. The Kier molecular flexibility index (Phi) is 9.26. The Morgan fingerprint density at radius 3 is 2.68 bits per heavy atom. The lowest BCUT2D eigenvalue weighted by Crippen LogP contribution is -2.41. The minimum absolute atomic E-state index is 0. The molecule has 0 radical (unpaired) electrons. The Labute approximate surface area is 185 Å². The molecule has 0 bridgehead atoms. The summed E-state index contributed by atoms with van der Waals surface area (Å²) in [5.74, 6) is 1.50. The van der Waals surface area contributed by atoms with Gasteiger partial charge in [0.05, 0.1) is 5.01 Å². The first-order chi connectivity index (χ1) is 13.0. The van der Waals surface area contributed by atoms with Crippen molar-refractivity contribution >= 4 is 41.3 Å². The minimum Gasteiger partial charge on any atom is -0.356 e. The van der Waals surface area contributed by atoms with Crippen molar-refractivity contribution in [1.29, 1.82) is 0 Å². The summed E-state index contributed by atoms with van der Waals surface area (Å²) in [6.07, 6.45) is 1.24. The second kappa shape index (κ2) is 11.0. The number of thiazole rings is 1. The molecule has 2 aliphatic rings. The molecule has 0 saturated carbocycles. The molecule has 1 unspecified atom stereocenters. The highest BCUT2D eigenvalue weighted by atomic mass is 127. The van der Waals surface area contributed by atoms with E-state index in [0.717, 1.165) is 42.3 Å². The molecule has 1 aromatic heterocycles. The molecule has 0 spiro atoms. The number of halogens is 4. The Morgan fingerprint density at radius 1 is 1.29 bits per heavy atom. The Hall–Kier alpha value is -0.620. The van der Waals surface area contributed by atoms with E-state index in [1.165, 1.54) is 38.8 Å². The Balaban J connectivity index is 0.00000280. The van der Waals surface area contributed by atoms with Crippen molar-refractivity contribution in [2.45, 2.75) is 38.3 Å². The normalized spacial score (nSPS) is 21.6. The van der Waals surface area contributed by atoms with E-state index in [9.17, 15) is 13.2 Å². The van der Waals surface area contributed by atoms with E-state index in [1.54, 1.807) is 7.05 Å². The highest BCUT2D eigenvalue weighted by Gasteiger charge is 2.33. The maximum absolute atomic E-state index is 12.6. The number of nitrogens with one attached hydrogen (secondary N) is 1. The van der Waals surface area contributed by atoms with E-state index in [1.807, 2.05) is 0 Å². The van der Waals surface area contributed by atoms with Gasteiger partial charge in [-0.3, -0.25) is 4.99 Å². The summed E-state index contributed by atoms with van der Waals surface area (Å²) in [5, 5.41) is 4.85. The molecule has 3 heterocycles. The number of alkyl halides is 3. The van der Waals surface area contributed by atoms with Crippen LogP contribution in [0.5, 0.6) is 0 Å². The topological polar surface area (TPSA) is 43.8 Å². The van der Waals surface area contributed by atoms with Gasteiger partial charge in [-0.25, -0.2) is 4.98 Å². The Bertz CT molecular complexity index is 631. The van der Waals surface area contributed by atoms with Gasteiger partial charge >= 0.3 is 6.18 Å². The van der Waals surface area contributed by atoms with Crippen LogP contribution in [-0.2, 0) is 12.6 Å². The second-order valence-electron chi connectivity index (χ2n) is 7.31. The monoisotopic (exact) mass is 531 g/mol. The third kappa shape index (κ3) is 6.72. The molecule has 3 rings (SSSR count).